The second kappa shape index (κ2) is 5.01. The number of benzene rings is 1. The van der Waals surface area contributed by atoms with Crippen LogP contribution >= 0.6 is 0 Å². The lowest BCUT2D eigenvalue weighted by molar-refractivity contribution is -0.125. The summed E-state index contributed by atoms with van der Waals surface area (Å²) < 4.78 is 0. The molecule has 3 rings (SSSR count). The van der Waals surface area contributed by atoms with Gasteiger partial charge in [-0.3, -0.25) is 14.9 Å². The van der Waals surface area contributed by atoms with Gasteiger partial charge in [0.15, 0.2) is 0 Å². The third-order valence-corrected chi connectivity index (χ3v) is 3.69. The minimum atomic E-state index is -0.316. The molecule has 2 heterocycles. The highest BCUT2D eigenvalue weighted by molar-refractivity contribution is 5.99. The monoisotopic (exact) mass is 259 g/mol. The Morgan fingerprint density at radius 1 is 1.32 bits per heavy atom. The van der Waals surface area contributed by atoms with Gasteiger partial charge in [-0.2, -0.15) is 0 Å². The number of nitrogens with one attached hydrogen (secondary N) is 2. The van der Waals surface area contributed by atoms with Crippen LogP contribution in [0.2, 0.25) is 0 Å². The van der Waals surface area contributed by atoms with E-state index in [4.69, 9.17) is 0 Å². The van der Waals surface area contributed by atoms with Crippen LogP contribution in [-0.2, 0) is 16.0 Å². The van der Waals surface area contributed by atoms with Crippen LogP contribution in [0.15, 0.2) is 24.3 Å². The number of aryl methyl sites for hydroxylation is 1. The number of anilines is 1. The van der Waals surface area contributed by atoms with Crippen molar-refractivity contribution in [3.05, 3.63) is 29.8 Å². The van der Waals surface area contributed by atoms with Gasteiger partial charge in [-0.1, -0.05) is 18.2 Å². The summed E-state index contributed by atoms with van der Waals surface area (Å²) in [4.78, 5) is 25.5. The van der Waals surface area contributed by atoms with Crippen molar-refractivity contribution in [3.63, 3.8) is 0 Å². The van der Waals surface area contributed by atoms with E-state index in [0.717, 1.165) is 25.1 Å². The van der Waals surface area contributed by atoms with Crippen molar-refractivity contribution >= 4 is 17.5 Å². The lowest BCUT2D eigenvalue weighted by atomic mass is 10.0. The maximum atomic E-state index is 12.5. The third kappa shape index (κ3) is 2.33. The highest BCUT2D eigenvalue weighted by atomic mass is 16.2. The quantitative estimate of drug-likeness (QED) is 0.749. The van der Waals surface area contributed by atoms with Crippen molar-refractivity contribution in [2.45, 2.75) is 18.9 Å². The number of hydrogen-bond acceptors (Lipinski definition) is 3. The van der Waals surface area contributed by atoms with Crippen LogP contribution in [-0.4, -0.2) is 37.5 Å². The Hall–Kier alpha value is -1.88. The average Bonchev–Trinajstić information content (AvgIpc) is 2.47. The summed E-state index contributed by atoms with van der Waals surface area (Å²) >= 11 is 0. The van der Waals surface area contributed by atoms with E-state index in [0.29, 0.717) is 6.54 Å². The van der Waals surface area contributed by atoms with E-state index in [2.05, 4.69) is 16.7 Å². The summed E-state index contributed by atoms with van der Waals surface area (Å²) in [5, 5.41) is 5.72. The zero-order valence-corrected chi connectivity index (χ0v) is 10.7. The fraction of sp³-hybridized carbons (Fsp3) is 0.429. The molecule has 0 bridgehead atoms. The molecule has 0 aliphatic carbocycles. The molecule has 19 heavy (non-hydrogen) atoms. The Morgan fingerprint density at radius 2 is 2.16 bits per heavy atom. The zero-order valence-electron chi connectivity index (χ0n) is 10.7. The summed E-state index contributed by atoms with van der Waals surface area (Å²) in [6.07, 6.45) is 2.01. The Morgan fingerprint density at radius 3 is 2.95 bits per heavy atom. The molecule has 2 N–H and O–H groups in total. The van der Waals surface area contributed by atoms with Gasteiger partial charge < -0.3 is 10.2 Å². The van der Waals surface area contributed by atoms with E-state index in [1.54, 1.807) is 0 Å². The maximum absolute atomic E-state index is 12.5. The van der Waals surface area contributed by atoms with E-state index in [1.807, 2.05) is 23.1 Å². The first-order chi connectivity index (χ1) is 9.25. The Kier molecular flexibility index (Phi) is 3.21. The lowest BCUT2D eigenvalue weighted by Gasteiger charge is -2.33. The average molecular weight is 259 g/mol. The Bertz CT molecular complexity index is 505. The molecule has 1 fully saturated rings. The van der Waals surface area contributed by atoms with Crippen LogP contribution in [0, 0.1) is 0 Å². The van der Waals surface area contributed by atoms with Crippen molar-refractivity contribution in [1.82, 2.24) is 10.6 Å². The smallest absolute Gasteiger partial charge is 0.245 e. The van der Waals surface area contributed by atoms with Crippen molar-refractivity contribution in [2.75, 3.05) is 24.5 Å². The molecule has 1 saturated heterocycles. The number of carbonyl (C=O) groups excluding carboxylic acids is 2. The van der Waals surface area contributed by atoms with Gasteiger partial charge in [0.1, 0.15) is 6.04 Å². The summed E-state index contributed by atoms with van der Waals surface area (Å²) in [5.41, 5.74) is 2.24. The molecular formula is C14H17N3O2. The number of amides is 2. The van der Waals surface area contributed by atoms with Gasteiger partial charge in [0.25, 0.3) is 0 Å². The molecule has 1 aromatic carbocycles. The Balaban J connectivity index is 1.79. The predicted octanol–water partition coefficient (Wildman–Crippen LogP) is 0.0538. The third-order valence-electron chi connectivity index (χ3n) is 3.69. The first kappa shape index (κ1) is 12.2. The van der Waals surface area contributed by atoms with Gasteiger partial charge in [0.2, 0.25) is 11.8 Å². The summed E-state index contributed by atoms with van der Waals surface area (Å²) in [6.45, 7) is 1.34. The second-order valence-corrected chi connectivity index (χ2v) is 4.96. The van der Waals surface area contributed by atoms with Gasteiger partial charge in [-0.25, -0.2) is 0 Å². The first-order valence-electron chi connectivity index (χ1n) is 6.65. The van der Waals surface area contributed by atoms with E-state index < -0.39 is 0 Å². The molecule has 1 aromatic rings. The van der Waals surface area contributed by atoms with Crippen LogP contribution in [0.5, 0.6) is 0 Å². The van der Waals surface area contributed by atoms with Gasteiger partial charge in [0, 0.05) is 18.8 Å². The van der Waals surface area contributed by atoms with Gasteiger partial charge in [0.05, 0.1) is 6.54 Å². The van der Waals surface area contributed by atoms with Crippen molar-refractivity contribution in [2.24, 2.45) is 0 Å². The van der Waals surface area contributed by atoms with E-state index in [9.17, 15) is 9.59 Å². The highest BCUT2D eigenvalue weighted by Crippen LogP contribution is 2.27. The Labute approximate surface area is 112 Å². The number of carbonyl (C=O) groups is 2. The van der Waals surface area contributed by atoms with Crippen LogP contribution < -0.4 is 15.5 Å². The van der Waals surface area contributed by atoms with Crippen LogP contribution in [0.3, 0.4) is 0 Å². The summed E-state index contributed by atoms with van der Waals surface area (Å²) in [6, 6.07) is 7.72. The fourth-order valence-electron chi connectivity index (χ4n) is 2.69. The molecule has 2 aliphatic heterocycles. The molecule has 1 unspecified atom stereocenters. The predicted molar refractivity (Wildman–Crippen MR) is 71.9 cm³/mol. The van der Waals surface area contributed by atoms with Crippen LogP contribution in [0.1, 0.15) is 12.0 Å². The number of fused-ring (bicyclic) bond motifs is 1. The zero-order chi connectivity index (χ0) is 13.2. The molecule has 2 aliphatic rings. The van der Waals surface area contributed by atoms with Gasteiger partial charge in [-0.05, 0) is 24.5 Å². The minimum absolute atomic E-state index is 0.0483. The molecule has 1 atom stereocenters. The topological polar surface area (TPSA) is 61.4 Å². The maximum Gasteiger partial charge on any atom is 0.245 e. The fourth-order valence-corrected chi connectivity index (χ4v) is 2.69. The van der Waals surface area contributed by atoms with Crippen molar-refractivity contribution in [3.8, 4) is 0 Å². The van der Waals surface area contributed by atoms with E-state index >= 15 is 0 Å². The molecule has 0 spiro atoms. The SMILES string of the molecule is O=C1CNC(C(=O)N2CCCc3ccccc32)CN1. The number of para-hydroxylation sites is 1. The molecule has 5 nitrogen and oxygen atoms in total. The number of hydrogen-bond donors (Lipinski definition) is 2. The van der Waals surface area contributed by atoms with Crippen LogP contribution in [0.25, 0.3) is 0 Å². The normalized spacial score (nSPS) is 22.6. The molecule has 0 saturated carbocycles. The van der Waals surface area contributed by atoms with Crippen molar-refractivity contribution in [1.29, 1.82) is 0 Å². The summed E-state index contributed by atoms with van der Waals surface area (Å²) in [7, 11) is 0. The molecule has 0 radical (unpaired) electrons. The molecule has 2 amide bonds. The van der Waals surface area contributed by atoms with Crippen molar-refractivity contribution < 1.29 is 9.59 Å². The molecule has 5 heteroatoms. The lowest BCUT2D eigenvalue weighted by Crippen LogP contribution is -2.59. The van der Waals surface area contributed by atoms with E-state index in [1.165, 1.54) is 5.56 Å². The highest BCUT2D eigenvalue weighted by Gasteiger charge is 2.30. The largest absolute Gasteiger partial charge is 0.353 e. The van der Waals surface area contributed by atoms with Crippen LogP contribution in [0.4, 0.5) is 5.69 Å². The molecular weight excluding hydrogens is 242 g/mol. The summed E-state index contributed by atoms with van der Waals surface area (Å²) in [5.74, 6) is -0.00440. The molecule has 100 valence electrons. The van der Waals surface area contributed by atoms with Gasteiger partial charge in [-0.15, -0.1) is 0 Å². The van der Waals surface area contributed by atoms with E-state index in [-0.39, 0.29) is 24.4 Å². The number of nitrogens with zero attached hydrogens (tertiary/aromatic N) is 1. The number of piperazine rings is 1. The standard InChI is InChI=1S/C14H17N3O2/c18-13-9-15-11(8-16-13)14(19)17-7-3-5-10-4-1-2-6-12(10)17/h1-2,4,6,11,15H,3,5,7-9H2,(H,16,18). The first-order valence-corrected chi connectivity index (χ1v) is 6.65. The second-order valence-electron chi connectivity index (χ2n) is 4.96. The molecule has 0 aromatic heterocycles. The van der Waals surface area contributed by atoms with Gasteiger partial charge >= 0.3 is 0 Å². The number of rotatable bonds is 1. The minimum Gasteiger partial charge on any atom is -0.353 e.